The lowest BCUT2D eigenvalue weighted by Gasteiger charge is -2.29. The predicted octanol–water partition coefficient (Wildman–Crippen LogP) is 2.64. The van der Waals surface area contributed by atoms with E-state index in [1.807, 2.05) is 13.0 Å². The fraction of sp³-hybridized carbons (Fsp3) is 0.647. The van der Waals surface area contributed by atoms with Crippen LogP contribution >= 0.6 is 11.6 Å². The monoisotopic (exact) mass is 327 g/mol. The van der Waals surface area contributed by atoms with Crippen molar-refractivity contribution in [3.63, 3.8) is 0 Å². The first-order chi connectivity index (χ1) is 10.5. The van der Waals surface area contributed by atoms with Crippen LogP contribution in [-0.2, 0) is 4.74 Å². The molecule has 2 rings (SSSR count). The zero-order chi connectivity index (χ0) is 16.4. The van der Waals surface area contributed by atoms with Crippen LogP contribution in [0.25, 0.3) is 0 Å². The normalized spacial score (nSPS) is 14.7. The Kier molecular flexibility index (Phi) is 9.48. The summed E-state index contributed by atoms with van der Waals surface area (Å²) in [4.78, 5) is 4.47. The van der Waals surface area contributed by atoms with E-state index in [1.54, 1.807) is 0 Å². The average Bonchev–Trinajstić information content (AvgIpc) is 2.51. The summed E-state index contributed by atoms with van der Waals surface area (Å²) < 4.78 is 5.30. The highest BCUT2D eigenvalue weighted by Crippen LogP contribution is 2.23. The highest BCUT2D eigenvalue weighted by Gasteiger charge is 2.11. The van der Waals surface area contributed by atoms with Crippen molar-refractivity contribution < 1.29 is 4.74 Å². The molecule has 0 radical (unpaired) electrons. The van der Waals surface area contributed by atoms with Crippen LogP contribution < -0.4 is 10.2 Å². The van der Waals surface area contributed by atoms with Gasteiger partial charge >= 0.3 is 0 Å². The smallest absolute Gasteiger partial charge is 0.0642 e. The number of hydrogen-bond donors (Lipinski definition) is 1. The van der Waals surface area contributed by atoms with Crippen molar-refractivity contribution in [1.82, 2.24) is 10.2 Å². The van der Waals surface area contributed by atoms with Crippen molar-refractivity contribution >= 4 is 17.3 Å². The second-order valence-corrected chi connectivity index (χ2v) is 6.10. The highest BCUT2D eigenvalue weighted by molar-refractivity contribution is 6.31. The van der Waals surface area contributed by atoms with Crippen LogP contribution in [0.2, 0.25) is 5.02 Å². The molecule has 0 aromatic heterocycles. The van der Waals surface area contributed by atoms with E-state index in [1.165, 1.54) is 5.69 Å². The van der Waals surface area contributed by atoms with E-state index in [4.69, 9.17) is 16.3 Å². The Labute approximate surface area is 140 Å². The molecule has 1 aromatic carbocycles. The van der Waals surface area contributed by atoms with E-state index in [0.29, 0.717) is 0 Å². The van der Waals surface area contributed by atoms with Gasteiger partial charge in [0.25, 0.3) is 0 Å². The highest BCUT2D eigenvalue weighted by atomic mass is 35.5. The fourth-order valence-corrected chi connectivity index (χ4v) is 2.25. The summed E-state index contributed by atoms with van der Waals surface area (Å²) in [6, 6.07) is 6.21. The molecular formula is C17H30ClN3O. The first-order valence-corrected chi connectivity index (χ1v) is 8.36. The number of rotatable bonds is 5. The quantitative estimate of drug-likeness (QED) is 0.841. The van der Waals surface area contributed by atoms with Crippen LogP contribution in [0, 0.1) is 6.92 Å². The van der Waals surface area contributed by atoms with Gasteiger partial charge in [-0.15, -0.1) is 0 Å². The topological polar surface area (TPSA) is 27.7 Å². The summed E-state index contributed by atoms with van der Waals surface area (Å²) in [6.07, 6.45) is 0. The molecule has 1 aliphatic heterocycles. The molecule has 126 valence electrons. The zero-order valence-electron chi connectivity index (χ0n) is 14.4. The van der Waals surface area contributed by atoms with Gasteiger partial charge in [-0.1, -0.05) is 24.6 Å². The molecule has 0 atom stereocenters. The number of benzene rings is 1. The van der Waals surface area contributed by atoms with Crippen LogP contribution in [0.15, 0.2) is 18.2 Å². The molecule has 0 aliphatic carbocycles. The lowest BCUT2D eigenvalue weighted by molar-refractivity contribution is 0.122. The molecule has 5 heteroatoms. The minimum absolute atomic E-state index is 0.811. The van der Waals surface area contributed by atoms with Crippen molar-refractivity contribution in [2.24, 2.45) is 0 Å². The molecule has 4 nitrogen and oxygen atoms in total. The Morgan fingerprint density at radius 2 is 1.95 bits per heavy atom. The van der Waals surface area contributed by atoms with E-state index in [2.05, 4.69) is 48.3 Å². The zero-order valence-corrected chi connectivity index (χ0v) is 15.1. The molecule has 1 aromatic rings. The van der Waals surface area contributed by atoms with Gasteiger partial charge in [-0.3, -0.25) is 0 Å². The summed E-state index contributed by atoms with van der Waals surface area (Å²) in [5.41, 5.74) is 2.33. The van der Waals surface area contributed by atoms with E-state index in [-0.39, 0.29) is 0 Å². The second kappa shape index (κ2) is 10.8. The SMILES string of the molecule is CCNCCN(C)C.Cc1ccc(N2CCOCC2)cc1Cl. The lowest BCUT2D eigenvalue weighted by Crippen LogP contribution is -2.36. The number of nitrogens with one attached hydrogen (secondary N) is 1. The molecule has 1 aliphatic rings. The Balaban J connectivity index is 0.000000261. The predicted molar refractivity (Wildman–Crippen MR) is 96.3 cm³/mol. The van der Waals surface area contributed by atoms with Gasteiger partial charge in [-0.25, -0.2) is 0 Å². The maximum absolute atomic E-state index is 6.08. The number of hydrogen-bond acceptors (Lipinski definition) is 4. The molecule has 1 fully saturated rings. The third-order valence-corrected chi connectivity index (χ3v) is 3.92. The van der Waals surface area contributed by atoms with Crippen LogP contribution in [0.5, 0.6) is 0 Å². The summed E-state index contributed by atoms with van der Waals surface area (Å²) in [7, 11) is 4.16. The molecular weight excluding hydrogens is 298 g/mol. The van der Waals surface area contributed by atoms with Gasteiger partial charge in [-0.05, 0) is 45.3 Å². The molecule has 22 heavy (non-hydrogen) atoms. The van der Waals surface area contributed by atoms with Crippen molar-refractivity contribution in [2.45, 2.75) is 13.8 Å². The van der Waals surface area contributed by atoms with E-state index >= 15 is 0 Å². The number of ether oxygens (including phenoxy) is 1. The third-order valence-electron chi connectivity index (χ3n) is 3.52. The first kappa shape index (κ1) is 19.2. The third kappa shape index (κ3) is 7.45. The number of aryl methyl sites for hydroxylation is 1. The Morgan fingerprint density at radius 3 is 2.50 bits per heavy atom. The molecule has 0 bridgehead atoms. The van der Waals surface area contributed by atoms with Crippen molar-refractivity contribution in [3.05, 3.63) is 28.8 Å². The summed E-state index contributed by atoms with van der Waals surface area (Å²) in [5.74, 6) is 0. The van der Waals surface area contributed by atoms with E-state index < -0.39 is 0 Å². The van der Waals surface area contributed by atoms with Crippen molar-refractivity contribution in [3.8, 4) is 0 Å². The van der Waals surface area contributed by atoms with Gasteiger partial charge in [0.2, 0.25) is 0 Å². The first-order valence-electron chi connectivity index (χ1n) is 7.99. The Bertz CT molecular complexity index is 420. The van der Waals surface area contributed by atoms with Crippen LogP contribution in [-0.4, -0.2) is 64.9 Å². The number of nitrogens with zero attached hydrogens (tertiary/aromatic N) is 2. The second-order valence-electron chi connectivity index (χ2n) is 5.69. The van der Waals surface area contributed by atoms with Crippen LogP contribution in [0.4, 0.5) is 5.69 Å². The maximum atomic E-state index is 6.08. The molecule has 1 N–H and O–H groups in total. The lowest BCUT2D eigenvalue weighted by atomic mass is 10.2. The van der Waals surface area contributed by atoms with Crippen LogP contribution in [0.1, 0.15) is 12.5 Å². The number of likely N-dealkylation sites (N-methyl/N-ethyl adjacent to an activating group) is 2. The van der Waals surface area contributed by atoms with Gasteiger partial charge in [-0.2, -0.15) is 0 Å². The molecule has 0 amide bonds. The Morgan fingerprint density at radius 1 is 1.27 bits per heavy atom. The van der Waals surface area contributed by atoms with Crippen molar-refractivity contribution in [1.29, 1.82) is 0 Å². The largest absolute Gasteiger partial charge is 0.378 e. The molecule has 0 unspecified atom stereocenters. The molecule has 0 saturated carbocycles. The van der Waals surface area contributed by atoms with E-state index in [9.17, 15) is 0 Å². The molecule has 1 heterocycles. The average molecular weight is 328 g/mol. The molecule has 0 spiro atoms. The van der Waals surface area contributed by atoms with Gasteiger partial charge in [0.15, 0.2) is 0 Å². The summed E-state index contributed by atoms with van der Waals surface area (Å²) in [6.45, 7) is 11.0. The van der Waals surface area contributed by atoms with Gasteiger partial charge in [0.05, 0.1) is 13.2 Å². The van der Waals surface area contributed by atoms with Gasteiger partial charge in [0, 0.05) is 36.9 Å². The van der Waals surface area contributed by atoms with Crippen molar-refractivity contribution in [2.75, 3.05) is 64.9 Å². The number of halogens is 1. The number of morpholine rings is 1. The molecule has 1 saturated heterocycles. The fourth-order valence-electron chi connectivity index (χ4n) is 2.08. The maximum Gasteiger partial charge on any atom is 0.0642 e. The Hall–Kier alpha value is -0.810. The standard InChI is InChI=1S/C11H14ClNO.C6H16N2/c1-9-2-3-10(8-11(9)12)13-4-6-14-7-5-13;1-4-7-5-6-8(2)3/h2-3,8H,4-7H2,1H3;7H,4-6H2,1-3H3. The number of anilines is 1. The van der Waals surface area contributed by atoms with Crippen LogP contribution in [0.3, 0.4) is 0 Å². The van der Waals surface area contributed by atoms with E-state index in [0.717, 1.165) is 56.5 Å². The minimum atomic E-state index is 0.811. The van der Waals surface area contributed by atoms with Gasteiger partial charge < -0.3 is 19.9 Å². The minimum Gasteiger partial charge on any atom is -0.378 e. The summed E-state index contributed by atoms with van der Waals surface area (Å²) in [5, 5.41) is 4.08. The summed E-state index contributed by atoms with van der Waals surface area (Å²) >= 11 is 6.08. The van der Waals surface area contributed by atoms with Gasteiger partial charge in [0.1, 0.15) is 0 Å².